The van der Waals surface area contributed by atoms with Crippen LogP contribution in [0.4, 0.5) is 5.69 Å². The van der Waals surface area contributed by atoms with Gasteiger partial charge in [0.15, 0.2) is 0 Å². The van der Waals surface area contributed by atoms with Crippen molar-refractivity contribution >= 4 is 17.3 Å². The number of hydrogen-bond donors (Lipinski definition) is 0. The minimum absolute atomic E-state index is 0.523. The predicted octanol–water partition coefficient (Wildman–Crippen LogP) is 3.38. The Kier molecular flexibility index (Phi) is 4.61. The van der Waals surface area contributed by atoms with Crippen molar-refractivity contribution in [2.45, 2.75) is 6.61 Å². The van der Waals surface area contributed by atoms with Crippen molar-refractivity contribution in [2.24, 2.45) is 9.98 Å². The van der Waals surface area contributed by atoms with Gasteiger partial charge in [-0.1, -0.05) is 48.5 Å². The van der Waals surface area contributed by atoms with Gasteiger partial charge in [-0.3, -0.25) is 0 Å². The Labute approximate surface area is 130 Å². The largest absolute Gasteiger partial charge is 0.474 e. The lowest BCUT2D eigenvalue weighted by Crippen LogP contribution is -2.16. The van der Waals surface area contributed by atoms with E-state index in [1.807, 2.05) is 54.6 Å². The normalized spacial score (nSPS) is 14.6. The number of nitrogens with zero attached hydrogens (tertiary/aromatic N) is 2. The first-order valence-corrected chi connectivity index (χ1v) is 7.27. The summed E-state index contributed by atoms with van der Waals surface area (Å²) in [5, 5.41) is 0. The average Bonchev–Trinajstić information content (AvgIpc) is 3.09. The standard InChI is InChI=1S/C18H18N2O2/c1-21-13-15-9-5-6-10-16(15)20-17(18-19-11-12-22-18)14-7-3-2-4-8-14/h2-10H,11-13H2,1H3. The molecule has 0 spiro atoms. The molecule has 1 aliphatic heterocycles. The van der Waals surface area contributed by atoms with E-state index in [9.17, 15) is 0 Å². The SMILES string of the molecule is COCc1ccccc1N=C(C1=NCCO1)c1ccccc1. The van der Waals surface area contributed by atoms with Crippen molar-refractivity contribution in [3.63, 3.8) is 0 Å². The van der Waals surface area contributed by atoms with Crippen molar-refractivity contribution in [2.75, 3.05) is 20.3 Å². The monoisotopic (exact) mass is 294 g/mol. The van der Waals surface area contributed by atoms with Gasteiger partial charge in [0, 0.05) is 18.2 Å². The highest BCUT2D eigenvalue weighted by molar-refractivity contribution is 6.46. The fraction of sp³-hybridized carbons (Fsp3) is 0.222. The van der Waals surface area contributed by atoms with Crippen LogP contribution < -0.4 is 0 Å². The Morgan fingerprint density at radius 2 is 1.91 bits per heavy atom. The van der Waals surface area contributed by atoms with Gasteiger partial charge in [0.2, 0.25) is 5.90 Å². The molecule has 0 fully saturated rings. The molecule has 0 unspecified atom stereocenters. The second-order valence-corrected chi connectivity index (χ2v) is 4.92. The highest BCUT2D eigenvalue weighted by Crippen LogP contribution is 2.22. The van der Waals surface area contributed by atoms with E-state index in [1.54, 1.807) is 7.11 Å². The third-order valence-corrected chi connectivity index (χ3v) is 3.36. The van der Waals surface area contributed by atoms with Crippen LogP contribution in [0.3, 0.4) is 0 Å². The summed E-state index contributed by atoms with van der Waals surface area (Å²) in [5.41, 5.74) is 3.68. The summed E-state index contributed by atoms with van der Waals surface area (Å²) >= 11 is 0. The molecule has 0 atom stereocenters. The molecule has 0 aliphatic carbocycles. The van der Waals surface area contributed by atoms with E-state index >= 15 is 0 Å². The first kappa shape index (κ1) is 14.5. The minimum Gasteiger partial charge on any atom is -0.474 e. The molecule has 0 saturated heterocycles. The number of ether oxygens (including phenoxy) is 2. The summed E-state index contributed by atoms with van der Waals surface area (Å²) in [6.45, 7) is 1.82. The van der Waals surface area contributed by atoms with Crippen LogP contribution in [0.2, 0.25) is 0 Å². The van der Waals surface area contributed by atoms with Crippen LogP contribution in [0.15, 0.2) is 64.6 Å². The van der Waals surface area contributed by atoms with Crippen LogP contribution in [0, 0.1) is 0 Å². The zero-order valence-electron chi connectivity index (χ0n) is 12.5. The molecule has 4 heteroatoms. The molecule has 2 aromatic carbocycles. The van der Waals surface area contributed by atoms with E-state index in [4.69, 9.17) is 14.5 Å². The lowest BCUT2D eigenvalue weighted by Gasteiger charge is -2.09. The van der Waals surface area contributed by atoms with Crippen molar-refractivity contribution < 1.29 is 9.47 Å². The molecule has 22 heavy (non-hydrogen) atoms. The molecule has 1 heterocycles. The number of rotatable bonds is 5. The highest BCUT2D eigenvalue weighted by Gasteiger charge is 2.17. The Balaban J connectivity index is 2.06. The summed E-state index contributed by atoms with van der Waals surface area (Å²) in [6, 6.07) is 17.9. The Hall–Kier alpha value is -2.46. The molecule has 3 rings (SSSR count). The Morgan fingerprint density at radius 1 is 1.14 bits per heavy atom. The van der Waals surface area contributed by atoms with E-state index in [1.165, 1.54) is 0 Å². The molecule has 0 saturated carbocycles. The quantitative estimate of drug-likeness (QED) is 0.793. The lowest BCUT2D eigenvalue weighted by atomic mass is 10.1. The molecule has 2 aromatic rings. The Bertz CT molecular complexity index is 693. The first-order chi connectivity index (χ1) is 10.9. The van der Waals surface area contributed by atoms with Crippen molar-refractivity contribution in [1.29, 1.82) is 0 Å². The van der Waals surface area contributed by atoms with Crippen molar-refractivity contribution in [1.82, 2.24) is 0 Å². The summed E-state index contributed by atoms with van der Waals surface area (Å²) in [7, 11) is 1.68. The van der Waals surface area contributed by atoms with E-state index in [-0.39, 0.29) is 0 Å². The number of aliphatic imine (C=N–C) groups is 2. The van der Waals surface area contributed by atoms with Gasteiger partial charge in [-0.05, 0) is 6.07 Å². The van der Waals surface area contributed by atoms with E-state index in [0.717, 1.165) is 22.5 Å². The van der Waals surface area contributed by atoms with Crippen LogP contribution in [0.1, 0.15) is 11.1 Å². The molecule has 0 bridgehead atoms. The summed E-state index contributed by atoms with van der Waals surface area (Å²) in [4.78, 5) is 9.23. The first-order valence-electron chi connectivity index (χ1n) is 7.27. The van der Waals surface area contributed by atoms with Gasteiger partial charge in [-0.25, -0.2) is 9.98 Å². The number of methoxy groups -OCH3 is 1. The van der Waals surface area contributed by atoms with Gasteiger partial charge in [-0.15, -0.1) is 0 Å². The molecular formula is C18H18N2O2. The zero-order chi connectivity index (χ0) is 15.2. The van der Waals surface area contributed by atoms with Crippen LogP contribution in [0.5, 0.6) is 0 Å². The number of hydrogen-bond acceptors (Lipinski definition) is 4. The van der Waals surface area contributed by atoms with Gasteiger partial charge in [0.25, 0.3) is 0 Å². The topological polar surface area (TPSA) is 43.2 Å². The summed E-state index contributed by atoms with van der Waals surface area (Å²) < 4.78 is 10.9. The van der Waals surface area contributed by atoms with E-state index in [2.05, 4.69) is 4.99 Å². The maximum Gasteiger partial charge on any atom is 0.236 e. The summed E-state index contributed by atoms with van der Waals surface area (Å²) in [5.74, 6) is 0.610. The molecular weight excluding hydrogens is 276 g/mol. The average molecular weight is 294 g/mol. The van der Waals surface area contributed by atoms with Crippen LogP contribution >= 0.6 is 0 Å². The minimum atomic E-state index is 0.523. The highest BCUT2D eigenvalue weighted by atomic mass is 16.5. The van der Waals surface area contributed by atoms with Gasteiger partial charge in [0.1, 0.15) is 12.3 Å². The third-order valence-electron chi connectivity index (χ3n) is 3.36. The molecule has 0 amide bonds. The van der Waals surface area contributed by atoms with E-state index in [0.29, 0.717) is 25.7 Å². The van der Waals surface area contributed by atoms with Crippen LogP contribution in [-0.4, -0.2) is 31.9 Å². The fourth-order valence-corrected chi connectivity index (χ4v) is 2.33. The second kappa shape index (κ2) is 7.00. The number of para-hydroxylation sites is 1. The fourth-order valence-electron chi connectivity index (χ4n) is 2.33. The second-order valence-electron chi connectivity index (χ2n) is 4.92. The van der Waals surface area contributed by atoms with E-state index < -0.39 is 0 Å². The number of benzene rings is 2. The zero-order valence-corrected chi connectivity index (χ0v) is 12.5. The maximum absolute atomic E-state index is 5.63. The van der Waals surface area contributed by atoms with Gasteiger partial charge in [-0.2, -0.15) is 0 Å². The summed E-state index contributed by atoms with van der Waals surface area (Å²) in [6.07, 6.45) is 0. The van der Waals surface area contributed by atoms with Gasteiger partial charge in [0.05, 0.1) is 18.8 Å². The molecule has 4 nitrogen and oxygen atoms in total. The van der Waals surface area contributed by atoms with Gasteiger partial charge < -0.3 is 9.47 Å². The van der Waals surface area contributed by atoms with Crippen molar-refractivity contribution in [3.05, 3.63) is 65.7 Å². The van der Waals surface area contributed by atoms with Crippen LogP contribution in [-0.2, 0) is 16.1 Å². The Morgan fingerprint density at radius 3 is 2.64 bits per heavy atom. The maximum atomic E-state index is 5.63. The molecule has 1 aliphatic rings. The molecule has 112 valence electrons. The molecule has 0 aromatic heterocycles. The molecule has 0 radical (unpaired) electrons. The molecule has 0 N–H and O–H groups in total. The van der Waals surface area contributed by atoms with Gasteiger partial charge >= 0.3 is 0 Å². The third kappa shape index (κ3) is 3.23. The lowest BCUT2D eigenvalue weighted by molar-refractivity contribution is 0.185. The van der Waals surface area contributed by atoms with Crippen molar-refractivity contribution in [3.8, 4) is 0 Å². The smallest absolute Gasteiger partial charge is 0.236 e. The predicted molar refractivity (Wildman–Crippen MR) is 88.0 cm³/mol. The van der Waals surface area contributed by atoms with Crippen LogP contribution in [0.25, 0.3) is 0 Å².